The Morgan fingerprint density at radius 1 is 1.75 bits per heavy atom. The smallest absolute Gasteiger partial charge is 0.131 e. The van der Waals surface area contributed by atoms with Crippen molar-refractivity contribution < 1.29 is 0 Å². The predicted octanol–water partition coefficient (Wildman–Crippen LogP) is -0.951. The molecule has 0 aliphatic carbocycles. The van der Waals surface area contributed by atoms with Crippen LogP contribution in [0.25, 0.3) is 0 Å². The summed E-state index contributed by atoms with van der Waals surface area (Å²) < 4.78 is 0. The fourth-order valence-corrected chi connectivity index (χ4v) is 0. The fourth-order valence-electron chi connectivity index (χ4n) is 0. The number of hydrogen-bond donors (Lipinski definition) is 1. The Morgan fingerprint density at radius 3 is 2.00 bits per heavy atom. The van der Waals surface area contributed by atoms with Crippen molar-refractivity contribution in [3.8, 4) is 0 Å². The van der Waals surface area contributed by atoms with Crippen LogP contribution in [0.15, 0.2) is 12.2 Å². The average Bonchev–Trinajstić information content (AvgIpc) is 1.37. The van der Waals surface area contributed by atoms with Crippen molar-refractivity contribution in [2.45, 2.75) is 0 Å². The molecule has 0 heterocycles. The van der Waals surface area contributed by atoms with Gasteiger partial charge in [-0.25, -0.2) is 0 Å². The van der Waals surface area contributed by atoms with Gasteiger partial charge in [-0.05, 0) is 6.20 Å². The molecular formula is C2H6BN. The van der Waals surface area contributed by atoms with Crippen LogP contribution in [0.2, 0.25) is 0 Å². The first-order valence-electron chi connectivity index (χ1n) is 1.24. The van der Waals surface area contributed by atoms with E-state index in [4.69, 9.17) is 5.73 Å². The van der Waals surface area contributed by atoms with Gasteiger partial charge in [-0.15, -0.1) is 5.98 Å². The SMILES string of the molecule is BC=CN. The van der Waals surface area contributed by atoms with Crippen molar-refractivity contribution in [3.05, 3.63) is 12.2 Å². The van der Waals surface area contributed by atoms with Crippen LogP contribution in [0.3, 0.4) is 0 Å². The van der Waals surface area contributed by atoms with Crippen LogP contribution in [-0.4, -0.2) is 7.85 Å². The summed E-state index contributed by atoms with van der Waals surface area (Å²) in [5.74, 6) is 1.78. The third kappa shape index (κ3) is 1.60. The second-order valence-electron chi connectivity index (χ2n) is 0.526. The predicted molar refractivity (Wildman–Crippen MR) is 21.9 cm³/mol. The molecule has 0 rings (SSSR count). The second-order valence-corrected chi connectivity index (χ2v) is 0.526. The number of nitrogens with two attached hydrogens (primary N) is 1. The summed E-state index contributed by atoms with van der Waals surface area (Å²) in [5.41, 5.74) is 4.85. The van der Waals surface area contributed by atoms with Crippen LogP contribution < -0.4 is 5.73 Å². The van der Waals surface area contributed by atoms with Crippen molar-refractivity contribution in [1.82, 2.24) is 0 Å². The molecule has 0 aromatic carbocycles. The number of rotatable bonds is 0. The van der Waals surface area contributed by atoms with Gasteiger partial charge in [-0.1, -0.05) is 0 Å². The first-order chi connectivity index (χ1) is 1.91. The minimum absolute atomic E-state index is 1.50. The molecule has 0 aromatic heterocycles. The molecule has 0 saturated heterocycles. The summed E-state index contributed by atoms with van der Waals surface area (Å²) in [7, 11) is 1.88. The molecule has 1 nitrogen and oxygen atoms in total. The maximum Gasteiger partial charge on any atom is 0.131 e. The molecule has 0 aliphatic rings. The van der Waals surface area contributed by atoms with Crippen LogP contribution in [-0.2, 0) is 0 Å². The highest BCUT2D eigenvalue weighted by atomic mass is 14.5. The summed E-state index contributed by atoms with van der Waals surface area (Å²) >= 11 is 0. The minimum Gasteiger partial charge on any atom is -0.406 e. The largest absolute Gasteiger partial charge is 0.406 e. The highest BCUT2D eigenvalue weighted by Gasteiger charge is 1.35. The molecule has 2 heteroatoms. The van der Waals surface area contributed by atoms with Crippen molar-refractivity contribution in [3.63, 3.8) is 0 Å². The van der Waals surface area contributed by atoms with Crippen molar-refractivity contribution in [1.29, 1.82) is 0 Å². The Bertz CT molecular complexity index is 21.2. The lowest BCUT2D eigenvalue weighted by Gasteiger charge is -1.53. The van der Waals surface area contributed by atoms with Gasteiger partial charge in [0, 0.05) is 0 Å². The normalized spacial score (nSPS) is 9.00. The standard InChI is InChI=1S/C2H6BN/c3-1-2-4/h1-2H,3-4H2. The van der Waals surface area contributed by atoms with Gasteiger partial charge in [0.05, 0.1) is 0 Å². The molecule has 0 atom stereocenters. The molecule has 0 amide bonds. The highest BCUT2D eigenvalue weighted by molar-refractivity contribution is 6.16. The van der Waals surface area contributed by atoms with E-state index in [1.165, 1.54) is 6.20 Å². The summed E-state index contributed by atoms with van der Waals surface area (Å²) in [6.07, 6.45) is 1.50. The van der Waals surface area contributed by atoms with Crippen molar-refractivity contribution in [2.75, 3.05) is 0 Å². The van der Waals surface area contributed by atoms with Crippen LogP contribution in [0.4, 0.5) is 0 Å². The lowest BCUT2D eigenvalue weighted by Crippen LogP contribution is -1.72. The van der Waals surface area contributed by atoms with E-state index in [9.17, 15) is 0 Å². The average molecular weight is 54.9 g/mol. The molecule has 0 radical (unpaired) electrons. The van der Waals surface area contributed by atoms with Gasteiger partial charge in [-0.2, -0.15) is 0 Å². The lowest BCUT2D eigenvalue weighted by molar-refractivity contribution is 1.63. The zero-order valence-corrected chi connectivity index (χ0v) is 2.73. The zero-order valence-electron chi connectivity index (χ0n) is 2.73. The molecule has 22 valence electrons. The third-order valence-corrected chi connectivity index (χ3v) is 0.192. The first kappa shape index (κ1) is 3.60. The highest BCUT2D eigenvalue weighted by Crippen LogP contribution is 1.36. The van der Waals surface area contributed by atoms with Crippen LogP contribution in [0, 0.1) is 0 Å². The van der Waals surface area contributed by atoms with E-state index in [0.29, 0.717) is 0 Å². The van der Waals surface area contributed by atoms with Gasteiger partial charge >= 0.3 is 0 Å². The fraction of sp³-hybridized carbons (Fsp3) is 0. The summed E-state index contributed by atoms with van der Waals surface area (Å²) in [4.78, 5) is 0. The Balaban J connectivity index is 2.55. The van der Waals surface area contributed by atoms with E-state index >= 15 is 0 Å². The first-order valence-corrected chi connectivity index (χ1v) is 1.24. The molecule has 0 saturated carbocycles. The molecule has 2 N–H and O–H groups in total. The van der Waals surface area contributed by atoms with E-state index in [0.717, 1.165) is 0 Å². The minimum atomic E-state index is 1.50. The van der Waals surface area contributed by atoms with E-state index in [2.05, 4.69) is 0 Å². The van der Waals surface area contributed by atoms with Crippen LogP contribution >= 0.6 is 0 Å². The zero-order chi connectivity index (χ0) is 3.41. The maximum absolute atomic E-state index is 4.85. The Kier molecular flexibility index (Phi) is 2.35. The van der Waals surface area contributed by atoms with Gasteiger partial charge in [-0.3, -0.25) is 0 Å². The Morgan fingerprint density at radius 2 is 2.00 bits per heavy atom. The maximum atomic E-state index is 4.85. The van der Waals surface area contributed by atoms with Crippen LogP contribution in [0.5, 0.6) is 0 Å². The molecule has 0 aromatic rings. The molecule has 0 aliphatic heterocycles. The van der Waals surface area contributed by atoms with Gasteiger partial charge in [0.2, 0.25) is 0 Å². The Hall–Kier alpha value is -0.395. The monoisotopic (exact) mass is 55.1 g/mol. The molecule has 0 fully saturated rings. The molecule has 0 spiro atoms. The summed E-state index contributed by atoms with van der Waals surface area (Å²) in [6, 6.07) is 0. The van der Waals surface area contributed by atoms with Gasteiger partial charge in [0.25, 0.3) is 0 Å². The molecule has 0 bridgehead atoms. The van der Waals surface area contributed by atoms with E-state index in [-0.39, 0.29) is 0 Å². The lowest BCUT2D eigenvalue weighted by atomic mass is 10.2. The van der Waals surface area contributed by atoms with Gasteiger partial charge in [0.1, 0.15) is 7.85 Å². The molecule has 0 unspecified atom stereocenters. The van der Waals surface area contributed by atoms with Crippen molar-refractivity contribution >= 4 is 7.85 Å². The van der Waals surface area contributed by atoms with E-state index in [1.54, 1.807) is 5.98 Å². The van der Waals surface area contributed by atoms with Gasteiger partial charge in [0.15, 0.2) is 0 Å². The quantitative estimate of drug-likeness (QED) is 0.355. The van der Waals surface area contributed by atoms with Crippen LogP contribution in [0.1, 0.15) is 0 Å². The van der Waals surface area contributed by atoms with Crippen molar-refractivity contribution in [2.24, 2.45) is 5.73 Å². The Labute approximate surface area is 26.9 Å². The second kappa shape index (κ2) is 2.60. The molecular weight excluding hydrogens is 48.8 g/mol. The third-order valence-electron chi connectivity index (χ3n) is 0.192. The summed E-state index contributed by atoms with van der Waals surface area (Å²) in [6.45, 7) is 0. The summed E-state index contributed by atoms with van der Waals surface area (Å²) in [5, 5.41) is 0. The molecule has 4 heavy (non-hydrogen) atoms. The topological polar surface area (TPSA) is 26.0 Å². The van der Waals surface area contributed by atoms with E-state index in [1.807, 2.05) is 7.85 Å². The number of hydrogen-bond acceptors (Lipinski definition) is 1. The van der Waals surface area contributed by atoms with Gasteiger partial charge < -0.3 is 5.73 Å². The van der Waals surface area contributed by atoms with E-state index < -0.39 is 0 Å².